The van der Waals surface area contributed by atoms with Crippen molar-refractivity contribution in [3.05, 3.63) is 22.7 Å². The third-order valence-electron chi connectivity index (χ3n) is 3.03. The van der Waals surface area contributed by atoms with Crippen LogP contribution in [0.1, 0.15) is 40.0 Å². The van der Waals surface area contributed by atoms with Gasteiger partial charge in [0.15, 0.2) is 5.82 Å². The first-order chi connectivity index (χ1) is 8.88. The summed E-state index contributed by atoms with van der Waals surface area (Å²) in [5.74, 6) is 1.22. The van der Waals surface area contributed by atoms with Gasteiger partial charge in [0.1, 0.15) is 0 Å². The van der Waals surface area contributed by atoms with E-state index in [2.05, 4.69) is 4.98 Å². The molecule has 5 heteroatoms. The summed E-state index contributed by atoms with van der Waals surface area (Å²) in [4.78, 5) is 18.5. The van der Waals surface area contributed by atoms with Gasteiger partial charge in [0, 0.05) is 37.4 Å². The van der Waals surface area contributed by atoms with E-state index in [9.17, 15) is 4.79 Å². The summed E-state index contributed by atoms with van der Waals surface area (Å²) in [6, 6.07) is 0. The molecule has 1 aromatic rings. The van der Waals surface area contributed by atoms with Crippen LogP contribution < -0.4 is 10.5 Å². The molecular weight excluding hydrogens is 262 g/mol. The molecule has 0 fully saturated rings. The third-order valence-corrected chi connectivity index (χ3v) is 3.30. The highest BCUT2D eigenvalue weighted by atomic mass is 35.5. The lowest BCUT2D eigenvalue weighted by molar-refractivity contribution is 0.382. The highest BCUT2D eigenvalue weighted by Gasteiger charge is 2.18. The van der Waals surface area contributed by atoms with Gasteiger partial charge in [-0.05, 0) is 33.6 Å². The molecule has 0 saturated carbocycles. The van der Waals surface area contributed by atoms with Gasteiger partial charge in [-0.25, -0.2) is 4.98 Å². The van der Waals surface area contributed by atoms with Crippen LogP contribution in [0.25, 0.3) is 0 Å². The Morgan fingerprint density at radius 3 is 2.58 bits per heavy atom. The average molecular weight is 286 g/mol. The number of hydrogen-bond acceptors (Lipinski definition) is 3. The van der Waals surface area contributed by atoms with Crippen LogP contribution in [0.4, 0.5) is 5.82 Å². The predicted molar refractivity (Wildman–Crippen MR) is 81.3 cm³/mol. The van der Waals surface area contributed by atoms with E-state index in [1.165, 1.54) is 0 Å². The van der Waals surface area contributed by atoms with Crippen molar-refractivity contribution in [2.24, 2.45) is 0 Å². The monoisotopic (exact) mass is 285 g/mol. The molecule has 1 aromatic heterocycles. The molecule has 0 unspecified atom stereocenters. The SMILES string of the molecule is CN(CCCCCCl)c1nccn(C(C)(C)C)c1=O. The number of alkyl halides is 1. The molecule has 0 spiro atoms. The standard InChI is InChI=1S/C14H24ClN3O/c1-14(2,3)18-11-9-16-12(13(18)19)17(4)10-7-5-6-8-15/h9,11H,5-8,10H2,1-4H3. The molecule has 1 heterocycles. The van der Waals surface area contributed by atoms with Crippen molar-refractivity contribution in [2.45, 2.75) is 45.6 Å². The van der Waals surface area contributed by atoms with Crippen LogP contribution >= 0.6 is 11.6 Å². The van der Waals surface area contributed by atoms with E-state index in [1.54, 1.807) is 17.0 Å². The first-order valence-electron chi connectivity index (χ1n) is 6.73. The Morgan fingerprint density at radius 1 is 1.32 bits per heavy atom. The number of unbranched alkanes of at least 4 members (excludes halogenated alkanes) is 2. The molecule has 0 amide bonds. The predicted octanol–water partition coefficient (Wildman–Crippen LogP) is 2.84. The topological polar surface area (TPSA) is 38.1 Å². The Hall–Kier alpha value is -1.03. The second-order valence-electron chi connectivity index (χ2n) is 5.77. The lowest BCUT2D eigenvalue weighted by atomic mass is 10.1. The van der Waals surface area contributed by atoms with Crippen LogP contribution in [0.3, 0.4) is 0 Å². The number of rotatable bonds is 6. The maximum Gasteiger partial charge on any atom is 0.293 e. The second kappa shape index (κ2) is 6.94. The summed E-state index contributed by atoms with van der Waals surface area (Å²) < 4.78 is 1.73. The van der Waals surface area contributed by atoms with Crippen LogP contribution in [-0.2, 0) is 5.54 Å². The van der Waals surface area contributed by atoms with E-state index in [0.29, 0.717) is 11.7 Å². The van der Waals surface area contributed by atoms with Gasteiger partial charge in [0.2, 0.25) is 0 Å². The van der Waals surface area contributed by atoms with E-state index in [0.717, 1.165) is 25.8 Å². The molecule has 0 radical (unpaired) electrons. The van der Waals surface area contributed by atoms with E-state index < -0.39 is 0 Å². The minimum absolute atomic E-state index is 0.0326. The van der Waals surface area contributed by atoms with Gasteiger partial charge in [-0.3, -0.25) is 4.79 Å². The van der Waals surface area contributed by atoms with Gasteiger partial charge >= 0.3 is 0 Å². The lowest BCUT2D eigenvalue weighted by Crippen LogP contribution is -2.37. The molecule has 0 saturated heterocycles. The molecule has 0 N–H and O–H groups in total. The molecule has 19 heavy (non-hydrogen) atoms. The number of nitrogens with zero attached hydrogens (tertiary/aromatic N) is 3. The van der Waals surface area contributed by atoms with E-state index in [4.69, 9.17) is 11.6 Å². The smallest absolute Gasteiger partial charge is 0.293 e. The normalized spacial score (nSPS) is 11.6. The summed E-state index contributed by atoms with van der Waals surface area (Å²) in [7, 11) is 1.91. The Balaban J connectivity index is 2.81. The Labute approximate surface area is 120 Å². The van der Waals surface area contributed by atoms with Gasteiger partial charge < -0.3 is 9.47 Å². The Kier molecular flexibility index (Phi) is 5.85. The first-order valence-corrected chi connectivity index (χ1v) is 7.26. The minimum Gasteiger partial charge on any atom is -0.355 e. The first kappa shape index (κ1) is 16.0. The fourth-order valence-electron chi connectivity index (χ4n) is 1.92. The second-order valence-corrected chi connectivity index (χ2v) is 6.15. The molecule has 1 rings (SSSR count). The average Bonchev–Trinajstić information content (AvgIpc) is 2.33. The van der Waals surface area contributed by atoms with Crippen LogP contribution in [-0.4, -0.2) is 29.0 Å². The Morgan fingerprint density at radius 2 is 2.00 bits per heavy atom. The fraction of sp³-hybridized carbons (Fsp3) is 0.714. The largest absolute Gasteiger partial charge is 0.355 e. The highest BCUT2D eigenvalue weighted by Crippen LogP contribution is 2.12. The minimum atomic E-state index is -0.228. The van der Waals surface area contributed by atoms with Crippen LogP contribution in [0, 0.1) is 0 Å². The van der Waals surface area contributed by atoms with Crippen molar-refractivity contribution in [3.8, 4) is 0 Å². The maximum atomic E-state index is 12.4. The van der Waals surface area contributed by atoms with Gasteiger partial charge in [0.05, 0.1) is 0 Å². The molecule has 0 aliphatic heterocycles. The Bertz CT molecular complexity index is 451. The van der Waals surface area contributed by atoms with Crippen LogP contribution in [0.5, 0.6) is 0 Å². The molecule has 108 valence electrons. The molecule has 0 atom stereocenters. The number of halogens is 1. The lowest BCUT2D eigenvalue weighted by Gasteiger charge is -2.24. The van der Waals surface area contributed by atoms with Gasteiger partial charge in [-0.2, -0.15) is 0 Å². The number of hydrogen-bond donors (Lipinski definition) is 0. The highest BCUT2D eigenvalue weighted by molar-refractivity contribution is 6.17. The molecular formula is C14H24ClN3O. The molecule has 0 aromatic carbocycles. The van der Waals surface area contributed by atoms with Crippen molar-refractivity contribution < 1.29 is 0 Å². The summed E-state index contributed by atoms with van der Waals surface area (Å²) in [6.07, 6.45) is 6.55. The van der Waals surface area contributed by atoms with Crippen molar-refractivity contribution >= 4 is 17.4 Å². The summed E-state index contributed by atoms with van der Waals surface area (Å²) in [5.41, 5.74) is -0.260. The van der Waals surface area contributed by atoms with Gasteiger partial charge in [-0.15, -0.1) is 11.6 Å². The van der Waals surface area contributed by atoms with E-state index >= 15 is 0 Å². The molecule has 0 aliphatic carbocycles. The summed E-state index contributed by atoms with van der Waals surface area (Å²) >= 11 is 5.65. The van der Waals surface area contributed by atoms with Gasteiger partial charge in [0.25, 0.3) is 5.56 Å². The van der Waals surface area contributed by atoms with E-state index in [-0.39, 0.29) is 11.1 Å². The van der Waals surface area contributed by atoms with Crippen molar-refractivity contribution in [3.63, 3.8) is 0 Å². The fourth-order valence-corrected chi connectivity index (χ4v) is 2.11. The third kappa shape index (κ3) is 4.53. The number of anilines is 1. The zero-order chi connectivity index (χ0) is 14.5. The molecule has 0 bridgehead atoms. The van der Waals surface area contributed by atoms with Crippen LogP contribution in [0.15, 0.2) is 17.2 Å². The quantitative estimate of drug-likeness (QED) is 0.596. The zero-order valence-electron chi connectivity index (χ0n) is 12.3. The van der Waals surface area contributed by atoms with Gasteiger partial charge in [-0.1, -0.05) is 6.42 Å². The zero-order valence-corrected chi connectivity index (χ0v) is 13.1. The van der Waals surface area contributed by atoms with Crippen molar-refractivity contribution in [1.82, 2.24) is 9.55 Å². The molecule has 4 nitrogen and oxygen atoms in total. The maximum absolute atomic E-state index is 12.4. The number of aromatic nitrogens is 2. The van der Waals surface area contributed by atoms with E-state index in [1.807, 2.05) is 32.7 Å². The van der Waals surface area contributed by atoms with Crippen molar-refractivity contribution in [1.29, 1.82) is 0 Å². The molecule has 0 aliphatic rings. The van der Waals surface area contributed by atoms with Crippen molar-refractivity contribution in [2.75, 3.05) is 24.4 Å². The summed E-state index contributed by atoms with van der Waals surface area (Å²) in [6.45, 7) is 6.86. The van der Waals surface area contributed by atoms with Crippen LogP contribution in [0.2, 0.25) is 0 Å². The summed E-state index contributed by atoms with van der Waals surface area (Å²) in [5, 5.41) is 0.